The van der Waals surface area contributed by atoms with E-state index in [1.807, 2.05) is 0 Å². The second kappa shape index (κ2) is 4.19. The van der Waals surface area contributed by atoms with E-state index in [4.69, 9.17) is 5.11 Å². The van der Waals surface area contributed by atoms with Gasteiger partial charge in [0, 0.05) is 6.54 Å². The molecule has 4 nitrogen and oxygen atoms in total. The molecular weight excluding hydrogens is 210 g/mol. The largest absolute Gasteiger partial charge is 0.392 e. The SMILES string of the molecule is C[C@@H](O)CNS(=O)(=O)c1cccs1. The Morgan fingerprint density at radius 3 is 2.85 bits per heavy atom. The van der Waals surface area contributed by atoms with Gasteiger partial charge in [-0.15, -0.1) is 11.3 Å². The lowest BCUT2D eigenvalue weighted by Crippen LogP contribution is -2.30. The van der Waals surface area contributed by atoms with Crippen LogP contribution >= 0.6 is 11.3 Å². The molecule has 1 aromatic rings. The number of sulfonamides is 1. The van der Waals surface area contributed by atoms with Crippen molar-refractivity contribution < 1.29 is 13.5 Å². The molecule has 2 N–H and O–H groups in total. The molecule has 0 aliphatic carbocycles. The van der Waals surface area contributed by atoms with E-state index >= 15 is 0 Å². The number of thiophene rings is 1. The predicted octanol–water partition coefficient (Wildman–Crippen LogP) is 0.407. The fraction of sp³-hybridized carbons (Fsp3) is 0.429. The second-order valence-corrected chi connectivity index (χ2v) is 5.57. The zero-order chi connectivity index (χ0) is 9.90. The first-order chi connectivity index (χ1) is 6.02. The lowest BCUT2D eigenvalue weighted by atomic mass is 10.4. The van der Waals surface area contributed by atoms with Crippen LogP contribution < -0.4 is 4.72 Å². The van der Waals surface area contributed by atoms with E-state index in [1.54, 1.807) is 11.4 Å². The standard InChI is InChI=1S/C7H11NO3S2/c1-6(9)5-8-13(10,11)7-3-2-4-12-7/h2-4,6,8-9H,5H2,1H3/t6-/m1/s1. The molecule has 0 radical (unpaired) electrons. The Hall–Kier alpha value is -0.430. The van der Waals surface area contributed by atoms with Gasteiger partial charge in [-0.3, -0.25) is 0 Å². The van der Waals surface area contributed by atoms with Gasteiger partial charge in [-0.1, -0.05) is 6.07 Å². The number of rotatable bonds is 4. The van der Waals surface area contributed by atoms with Crippen molar-refractivity contribution in [1.82, 2.24) is 4.72 Å². The first kappa shape index (κ1) is 10.6. The van der Waals surface area contributed by atoms with Crippen LogP contribution in [0.1, 0.15) is 6.92 Å². The first-order valence-corrected chi connectivity index (χ1v) is 6.10. The second-order valence-electron chi connectivity index (χ2n) is 2.63. The summed E-state index contributed by atoms with van der Waals surface area (Å²) in [7, 11) is -3.40. The molecule has 6 heteroatoms. The summed E-state index contributed by atoms with van der Waals surface area (Å²) in [4.78, 5) is 0. The van der Waals surface area contributed by atoms with Gasteiger partial charge >= 0.3 is 0 Å². The smallest absolute Gasteiger partial charge is 0.250 e. The highest BCUT2D eigenvalue weighted by atomic mass is 32.2. The van der Waals surface area contributed by atoms with Crippen molar-refractivity contribution >= 4 is 21.4 Å². The number of hydrogen-bond donors (Lipinski definition) is 2. The Labute approximate surface area is 81.3 Å². The van der Waals surface area contributed by atoms with Crippen LogP contribution in [0.5, 0.6) is 0 Å². The Balaban J connectivity index is 2.68. The minimum atomic E-state index is -3.40. The van der Waals surface area contributed by atoms with Crippen molar-refractivity contribution in [3.63, 3.8) is 0 Å². The van der Waals surface area contributed by atoms with Gasteiger partial charge in [-0.05, 0) is 18.4 Å². The minimum Gasteiger partial charge on any atom is -0.392 e. The highest BCUT2D eigenvalue weighted by Crippen LogP contribution is 2.14. The zero-order valence-electron chi connectivity index (χ0n) is 7.10. The van der Waals surface area contributed by atoms with Crippen molar-refractivity contribution in [3.8, 4) is 0 Å². The van der Waals surface area contributed by atoms with E-state index in [-0.39, 0.29) is 10.8 Å². The number of aliphatic hydroxyl groups is 1. The lowest BCUT2D eigenvalue weighted by Gasteiger charge is -2.05. The molecule has 13 heavy (non-hydrogen) atoms. The Morgan fingerprint density at radius 2 is 2.38 bits per heavy atom. The molecule has 74 valence electrons. The summed E-state index contributed by atoms with van der Waals surface area (Å²) in [6, 6.07) is 3.19. The van der Waals surface area contributed by atoms with Crippen molar-refractivity contribution in [1.29, 1.82) is 0 Å². The average Bonchev–Trinajstić information content (AvgIpc) is 2.53. The van der Waals surface area contributed by atoms with Crippen molar-refractivity contribution in [3.05, 3.63) is 17.5 Å². The summed E-state index contributed by atoms with van der Waals surface area (Å²) < 4.78 is 25.3. The molecule has 1 heterocycles. The Bertz CT molecular complexity index is 342. The molecular formula is C7H11NO3S2. The summed E-state index contributed by atoms with van der Waals surface area (Å²) in [6.07, 6.45) is -0.672. The third kappa shape index (κ3) is 3.07. The number of aliphatic hydroxyl groups excluding tert-OH is 1. The van der Waals surface area contributed by atoms with Crippen molar-refractivity contribution in [2.45, 2.75) is 17.2 Å². The third-order valence-corrected chi connectivity index (χ3v) is 4.15. The fourth-order valence-electron chi connectivity index (χ4n) is 0.718. The highest BCUT2D eigenvalue weighted by molar-refractivity contribution is 7.91. The highest BCUT2D eigenvalue weighted by Gasteiger charge is 2.14. The molecule has 1 rings (SSSR count). The molecule has 0 aliphatic rings. The maximum absolute atomic E-state index is 11.4. The third-order valence-electron chi connectivity index (χ3n) is 1.33. The lowest BCUT2D eigenvalue weighted by molar-refractivity contribution is 0.198. The van der Waals surface area contributed by atoms with Gasteiger partial charge in [0.2, 0.25) is 10.0 Å². The quantitative estimate of drug-likeness (QED) is 0.773. The molecule has 0 aromatic carbocycles. The van der Waals surface area contributed by atoms with Crippen molar-refractivity contribution in [2.75, 3.05) is 6.54 Å². The van der Waals surface area contributed by atoms with Gasteiger partial charge in [0.15, 0.2) is 0 Å². The summed E-state index contributed by atoms with van der Waals surface area (Å²) in [5, 5.41) is 10.6. The summed E-state index contributed by atoms with van der Waals surface area (Å²) in [5.41, 5.74) is 0. The van der Waals surface area contributed by atoms with Crippen LogP contribution in [0, 0.1) is 0 Å². The molecule has 0 bridgehead atoms. The molecule has 0 aliphatic heterocycles. The normalized spacial score (nSPS) is 14.3. The zero-order valence-corrected chi connectivity index (χ0v) is 8.73. The Morgan fingerprint density at radius 1 is 1.69 bits per heavy atom. The Kier molecular flexibility index (Phi) is 3.43. The fourth-order valence-corrected chi connectivity index (χ4v) is 2.88. The van der Waals surface area contributed by atoms with Crippen LogP contribution in [0.2, 0.25) is 0 Å². The summed E-state index contributed by atoms with van der Waals surface area (Å²) >= 11 is 1.15. The molecule has 0 spiro atoms. The maximum Gasteiger partial charge on any atom is 0.250 e. The van der Waals surface area contributed by atoms with E-state index in [1.165, 1.54) is 13.0 Å². The van der Waals surface area contributed by atoms with Gasteiger partial charge < -0.3 is 5.11 Å². The maximum atomic E-state index is 11.4. The minimum absolute atomic E-state index is 0.0419. The van der Waals surface area contributed by atoms with Gasteiger partial charge in [0.05, 0.1) is 6.10 Å². The average molecular weight is 221 g/mol. The monoisotopic (exact) mass is 221 g/mol. The molecule has 1 aromatic heterocycles. The summed E-state index contributed by atoms with van der Waals surface area (Å²) in [6.45, 7) is 1.57. The molecule has 0 saturated heterocycles. The molecule has 0 unspecified atom stereocenters. The van der Waals surface area contributed by atoms with Gasteiger partial charge in [-0.2, -0.15) is 0 Å². The molecule has 0 saturated carbocycles. The van der Waals surface area contributed by atoms with E-state index in [0.29, 0.717) is 0 Å². The van der Waals surface area contributed by atoms with E-state index in [2.05, 4.69) is 4.72 Å². The topological polar surface area (TPSA) is 66.4 Å². The van der Waals surface area contributed by atoms with Crippen LogP contribution in [-0.4, -0.2) is 26.2 Å². The molecule has 0 fully saturated rings. The molecule has 1 atom stereocenters. The predicted molar refractivity (Wildman–Crippen MR) is 51.2 cm³/mol. The van der Waals surface area contributed by atoms with Crippen LogP contribution in [0.3, 0.4) is 0 Å². The van der Waals surface area contributed by atoms with Gasteiger partial charge in [-0.25, -0.2) is 13.1 Å². The molecule has 0 amide bonds. The van der Waals surface area contributed by atoms with Crippen LogP contribution in [0.15, 0.2) is 21.7 Å². The first-order valence-electron chi connectivity index (χ1n) is 3.73. The van der Waals surface area contributed by atoms with Crippen LogP contribution in [0.4, 0.5) is 0 Å². The van der Waals surface area contributed by atoms with Crippen LogP contribution in [0.25, 0.3) is 0 Å². The van der Waals surface area contributed by atoms with Gasteiger partial charge in [0.25, 0.3) is 0 Å². The van der Waals surface area contributed by atoms with E-state index < -0.39 is 16.1 Å². The van der Waals surface area contributed by atoms with Crippen molar-refractivity contribution in [2.24, 2.45) is 0 Å². The van der Waals surface area contributed by atoms with E-state index in [0.717, 1.165) is 11.3 Å². The van der Waals surface area contributed by atoms with Gasteiger partial charge in [0.1, 0.15) is 4.21 Å². The number of hydrogen-bond acceptors (Lipinski definition) is 4. The van der Waals surface area contributed by atoms with E-state index in [9.17, 15) is 8.42 Å². The number of nitrogens with one attached hydrogen (secondary N) is 1. The summed E-state index contributed by atoms with van der Waals surface area (Å²) in [5.74, 6) is 0. The van der Waals surface area contributed by atoms with Crippen LogP contribution in [-0.2, 0) is 10.0 Å².